The molecule has 17 heavy (non-hydrogen) atoms. The predicted octanol–water partition coefficient (Wildman–Crippen LogP) is 1.33. The summed E-state index contributed by atoms with van der Waals surface area (Å²) in [6.45, 7) is 2.52. The molecule has 1 unspecified atom stereocenters. The lowest BCUT2D eigenvalue weighted by atomic mass is 10.0. The van der Waals surface area contributed by atoms with E-state index >= 15 is 0 Å². The third-order valence-electron chi connectivity index (χ3n) is 3.85. The number of piperidine rings is 2. The first kappa shape index (κ1) is 13.3. The van der Waals surface area contributed by atoms with Crippen LogP contribution in [0.15, 0.2) is 0 Å². The molecule has 0 aromatic rings. The van der Waals surface area contributed by atoms with Gasteiger partial charge >= 0.3 is 0 Å². The molecule has 1 atom stereocenters. The highest BCUT2D eigenvalue weighted by Gasteiger charge is 2.25. The molecule has 0 radical (unpaired) electrons. The maximum Gasteiger partial charge on any atom is 0.214 e. The summed E-state index contributed by atoms with van der Waals surface area (Å²) in [5.41, 5.74) is 0. The first-order chi connectivity index (χ1) is 8.18. The van der Waals surface area contributed by atoms with E-state index in [1.54, 1.807) is 4.31 Å². The first-order valence-corrected chi connectivity index (χ1v) is 8.50. The topological polar surface area (TPSA) is 49.4 Å². The van der Waals surface area contributed by atoms with Crippen LogP contribution >= 0.6 is 0 Å². The van der Waals surface area contributed by atoms with Gasteiger partial charge in [-0.1, -0.05) is 12.8 Å². The third kappa shape index (κ3) is 3.93. The highest BCUT2D eigenvalue weighted by Crippen LogP contribution is 2.16. The molecule has 5 heteroatoms. The average molecular weight is 260 g/mol. The van der Waals surface area contributed by atoms with Gasteiger partial charge in [-0.2, -0.15) is 0 Å². The van der Waals surface area contributed by atoms with E-state index in [1.807, 2.05) is 0 Å². The van der Waals surface area contributed by atoms with Crippen LogP contribution in [0.4, 0.5) is 0 Å². The minimum atomic E-state index is -2.99. The molecule has 100 valence electrons. The molecule has 2 aliphatic rings. The molecule has 2 heterocycles. The second kappa shape index (κ2) is 6.16. The Morgan fingerprint density at radius 1 is 1.06 bits per heavy atom. The third-order valence-corrected chi connectivity index (χ3v) is 5.75. The molecule has 2 rings (SSSR count). The summed E-state index contributed by atoms with van der Waals surface area (Å²) >= 11 is 0. The smallest absolute Gasteiger partial charge is 0.214 e. The largest absolute Gasteiger partial charge is 0.314 e. The van der Waals surface area contributed by atoms with Crippen LogP contribution in [0.1, 0.15) is 44.9 Å². The van der Waals surface area contributed by atoms with Crippen LogP contribution in [0, 0.1) is 0 Å². The molecular weight excluding hydrogens is 236 g/mol. The van der Waals surface area contributed by atoms with Gasteiger partial charge in [-0.25, -0.2) is 12.7 Å². The Kier molecular flexibility index (Phi) is 4.82. The van der Waals surface area contributed by atoms with Gasteiger partial charge in [0.2, 0.25) is 10.0 Å². The molecule has 2 saturated heterocycles. The zero-order chi connectivity index (χ0) is 12.1. The SMILES string of the molecule is O=S(=O)(CCC1CCCCN1)N1CCCCC1. The minimum absolute atomic E-state index is 0.324. The quantitative estimate of drug-likeness (QED) is 0.830. The van der Waals surface area contributed by atoms with Crippen LogP contribution in [-0.4, -0.2) is 44.2 Å². The molecule has 0 bridgehead atoms. The Morgan fingerprint density at radius 2 is 1.82 bits per heavy atom. The van der Waals surface area contributed by atoms with Crippen molar-refractivity contribution < 1.29 is 8.42 Å². The fraction of sp³-hybridized carbons (Fsp3) is 1.00. The predicted molar refractivity (Wildman–Crippen MR) is 69.5 cm³/mol. The number of sulfonamides is 1. The molecule has 2 aliphatic heterocycles. The summed E-state index contributed by atoms with van der Waals surface area (Å²) in [6, 6.07) is 0.420. The van der Waals surface area contributed by atoms with Gasteiger partial charge in [-0.15, -0.1) is 0 Å². The van der Waals surface area contributed by atoms with E-state index in [9.17, 15) is 8.42 Å². The molecule has 4 nitrogen and oxygen atoms in total. The van der Waals surface area contributed by atoms with Crippen LogP contribution in [0.5, 0.6) is 0 Å². The molecule has 0 spiro atoms. The Hall–Kier alpha value is -0.130. The highest BCUT2D eigenvalue weighted by atomic mass is 32.2. The van der Waals surface area contributed by atoms with Crippen molar-refractivity contribution in [3.8, 4) is 0 Å². The molecular formula is C12H24N2O2S. The number of hydrogen-bond acceptors (Lipinski definition) is 3. The van der Waals surface area contributed by atoms with Crippen molar-refractivity contribution in [3.63, 3.8) is 0 Å². The van der Waals surface area contributed by atoms with E-state index in [1.165, 1.54) is 19.3 Å². The minimum Gasteiger partial charge on any atom is -0.314 e. The van der Waals surface area contributed by atoms with Crippen LogP contribution in [-0.2, 0) is 10.0 Å². The van der Waals surface area contributed by atoms with E-state index in [0.717, 1.165) is 45.3 Å². The van der Waals surface area contributed by atoms with E-state index < -0.39 is 10.0 Å². The number of nitrogens with zero attached hydrogens (tertiary/aromatic N) is 1. The summed E-state index contributed by atoms with van der Waals surface area (Å²) in [7, 11) is -2.99. The Morgan fingerprint density at radius 3 is 2.47 bits per heavy atom. The standard InChI is InChI=1S/C12H24N2O2S/c15-17(16,14-9-4-1-5-10-14)11-7-12-6-2-3-8-13-12/h12-13H,1-11H2. The lowest BCUT2D eigenvalue weighted by Crippen LogP contribution is -2.40. The fourth-order valence-corrected chi connectivity index (χ4v) is 4.39. The highest BCUT2D eigenvalue weighted by molar-refractivity contribution is 7.89. The maximum atomic E-state index is 12.1. The summed E-state index contributed by atoms with van der Waals surface area (Å²) in [5, 5.41) is 3.41. The summed E-state index contributed by atoms with van der Waals surface area (Å²) in [4.78, 5) is 0. The van der Waals surface area contributed by atoms with Crippen LogP contribution < -0.4 is 5.32 Å². The first-order valence-electron chi connectivity index (χ1n) is 6.90. The maximum absolute atomic E-state index is 12.1. The van der Waals surface area contributed by atoms with E-state index in [2.05, 4.69) is 5.32 Å². The van der Waals surface area contributed by atoms with E-state index in [-0.39, 0.29) is 0 Å². The van der Waals surface area contributed by atoms with Crippen molar-refractivity contribution in [1.29, 1.82) is 0 Å². The Labute approximate surface area is 105 Å². The van der Waals surface area contributed by atoms with Gasteiger partial charge in [-0.3, -0.25) is 0 Å². The van der Waals surface area contributed by atoms with Gasteiger partial charge in [-0.05, 0) is 38.6 Å². The monoisotopic (exact) mass is 260 g/mol. The Bertz CT molecular complexity index is 317. The van der Waals surface area contributed by atoms with Crippen LogP contribution in [0.3, 0.4) is 0 Å². The lowest BCUT2D eigenvalue weighted by molar-refractivity contribution is 0.342. The van der Waals surface area contributed by atoms with Crippen molar-refractivity contribution in [1.82, 2.24) is 9.62 Å². The number of rotatable bonds is 4. The van der Waals surface area contributed by atoms with Gasteiger partial charge in [0.25, 0.3) is 0 Å². The normalized spacial score (nSPS) is 28.1. The average Bonchev–Trinajstić information content (AvgIpc) is 2.39. The second-order valence-corrected chi connectivity index (χ2v) is 7.30. The van der Waals surface area contributed by atoms with Gasteiger partial charge < -0.3 is 5.32 Å². The van der Waals surface area contributed by atoms with Gasteiger partial charge in [0.1, 0.15) is 0 Å². The lowest BCUT2D eigenvalue weighted by Gasteiger charge is -2.28. The molecule has 2 fully saturated rings. The fourth-order valence-electron chi connectivity index (χ4n) is 2.73. The van der Waals surface area contributed by atoms with Gasteiger partial charge in [0.05, 0.1) is 5.75 Å². The molecule has 1 N–H and O–H groups in total. The van der Waals surface area contributed by atoms with Crippen molar-refractivity contribution >= 4 is 10.0 Å². The summed E-state index contributed by atoms with van der Waals surface area (Å²) in [6.07, 6.45) is 7.61. The molecule has 0 aromatic carbocycles. The van der Waals surface area contributed by atoms with Crippen molar-refractivity contribution in [3.05, 3.63) is 0 Å². The van der Waals surface area contributed by atoms with Crippen molar-refractivity contribution in [2.24, 2.45) is 0 Å². The number of hydrogen-bond donors (Lipinski definition) is 1. The van der Waals surface area contributed by atoms with Crippen LogP contribution in [0.2, 0.25) is 0 Å². The zero-order valence-corrected chi connectivity index (χ0v) is 11.3. The van der Waals surface area contributed by atoms with Crippen molar-refractivity contribution in [2.45, 2.75) is 51.0 Å². The van der Waals surface area contributed by atoms with E-state index in [4.69, 9.17) is 0 Å². The number of nitrogens with one attached hydrogen (secondary N) is 1. The second-order valence-electron chi connectivity index (χ2n) is 5.21. The van der Waals surface area contributed by atoms with Gasteiger partial charge in [0.15, 0.2) is 0 Å². The molecule has 0 saturated carbocycles. The molecule has 0 aliphatic carbocycles. The van der Waals surface area contributed by atoms with Crippen molar-refractivity contribution in [2.75, 3.05) is 25.4 Å². The van der Waals surface area contributed by atoms with Crippen LogP contribution in [0.25, 0.3) is 0 Å². The Balaban J connectivity index is 1.79. The molecule has 0 aromatic heterocycles. The summed E-state index contributed by atoms with van der Waals surface area (Å²) < 4.78 is 25.9. The zero-order valence-electron chi connectivity index (χ0n) is 10.5. The van der Waals surface area contributed by atoms with E-state index in [0.29, 0.717) is 11.8 Å². The molecule has 0 amide bonds. The summed E-state index contributed by atoms with van der Waals surface area (Å²) in [5.74, 6) is 0.324. The van der Waals surface area contributed by atoms with Gasteiger partial charge in [0, 0.05) is 19.1 Å².